The fourth-order valence-electron chi connectivity index (χ4n) is 3.45. The first kappa shape index (κ1) is 20.8. The molecule has 0 saturated carbocycles. The van der Waals surface area contributed by atoms with Gasteiger partial charge in [-0.2, -0.15) is 5.10 Å². The van der Waals surface area contributed by atoms with E-state index in [9.17, 15) is 18.5 Å². The quantitative estimate of drug-likeness (QED) is 0.460. The van der Waals surface area contributed by atoms with Crippen LogP contribution in [0.15, 0.2) is 65.8 Å². The molecule has 10 nitrogen and oxygen atoms in total. The van der Waals surface area contributed by atoms with Crippen LogP contribution in [0.25, 0.3) is 5.69 Å². The molecule has 4 rings (SSSR count). The standard InChI is InChI=1S/C20H22N6O4S/c1-23-11-13-24(14-12-23)19-8-7-18(15-20(19)26(27)28)31(29,30)22-16-3-5-17(6-4-16)25-10-2-9-21-25/h2-10,15,22H,11-14H2,1H3. The van der Waals surface area contributed by atoms with Gasteiger partial charge in [0.15, 0.2) is 0 Å². The first-order valence-corrected chi connectivity index (χ1v) is 11.2. The highest BCUT2D eigenvalue weighted by Crippen LogP contribution is 2.32. The lowest BCUT2D eigenvalue weighted by Crippen LogP contribution is -2.44. The van der Waals surface area contributed by atoms with Crippen LogP contribution >= 0.6 is 0 Å². The van der Waals surface area contributed by atoms with Crippen molar-refractivity contribution in [3.63, 3.8) is 0 Å². The van der Waals surface area contributed by atoms with Gasteiger partial charge in [-0.25, -0.2) is 13.1 Å². The van der Waals surface area contributed by atoms with Crippen LogP contribution in [-0.2, 0) is 10.0 Å². The van der Waals surface area contributed by atoms with Gasteiger partial charge in [-0.1, -0.05) is 0 Å². The summed E-state index contributed by atoms with van der Waals surface area (Å²) < 4.78 is 29.8. The van der Waals surface area contributed by atoms with Crippen LogP contribution in [0.4, 0.5) is 17.1 Å². The molecule has 3 aromatic rings. The number of anilines is 2. The highest BCUT2D eigenvalue weighted by atomic mass is 32.2. The van der Waals surface area contributed by atoms with Crippen LogP contribution in [-0.4, -0.2) is 61.2 Å². The predicted molar refractivity (Wildman–Crippen MR) is 117 cm³/mol. The van der Waals surface area contributed by atoms with Gasteiger partial charge in [-0.3, -0.25) is 14.8 Å². The van der Waals surface area contributed by atoms with Crippen molar-refractivity contribution in [2.75, 3.05) is 42.8 Å². The molecule has 0 spiro atoms. The van der Waals surface area contributed by atoms with Crippen molar-refractivity contribution >= 4 is 27.1 Å². The molecule has 11 heteroatoms. The molecule has 1 N–H and O–H groups in total. The van der Waals surface area contributed by atoms with Crippen LogP contribution in [0, 0.1) is 10.1 Å². The van der Waals surface area contributed by atoms with Crippen molar-refractivity contribution in [2.45, 2.75) is 4.90 Å². The van der Waals surface area contributed by atoms with Gasteiger partial charge in [0.05, 0.1) is 15.5 Å². The molecule has 31 heavy (non-hydrogen) atoms. The molecule has 2 heterocycles. The number of nitrogens with one attached hydrogen (secondary N) is 1. The molecule has 2 aromatic carbocycles. The van der Waals surface area contributed by atoms with E-state index in [-0.39, 0.29) is 10.6 Å². The van der Waals surface area contributed by atoms with Crippen molar-refractivity contribution in [3.05, 3.63) is 71.0 Å². The maximum atomic E-state index is 12.8. The normalized spacial score (nSPS) is 15.1. The third kappa shape index (κ3) is 4.52. The number of nitrogens with zero attached hydrogens (tertiary/aromatic N) is 5. The lowest BCUT2D eigenvalue weighted by atomic mass is 10.2. The molecule has 1 fully saturated rings. The molecule has 1 saturated heterocycles. The zero-order valence-electron chi connectivity index (χ0n) is 16.9. The summed E-state index contributed by atoms with van der Waals surface area (Å²) in [4.78, 5) is 15.0. The minimum Gasteiger partial charge on any atom is -0.363 e. The summed E-state index contributed by atoms with van der Waals surface area (Å²) >= 11 is 0. The van der Waals surface area contributed by atoms with Crippen molar-refractivity contribution in [3.8, 4) is 5.69 Å². The predicted octanol–water partition coefficient (Wildman–Crippen LogP) is 2.33. The van der Waals surface area contributed by atoms with Gasteiger partial charge >= 0.3 is 0 Å². The van der Waals surface area contributed by atoms with Crippen LogP contribution in [0.1, 0.15) is 0 Å². The van der Waals surface area contributed by atoms with Crippen LogP contribution in [0.5, 0.6) is 0 Å². The summed E-state index contributed by atoms with van der Waals surface area (Å²) in [5.74, 6) is 0. The summed E-state index contributed by atoms with van der Waals surface area (Å²) in [6, 6.07) is 12.5. The summed E-state index contributed by atoms with van der Waals surface area (Å²) in [5, 5.41) is 15.8. The van der Waals surface area contributed by atoms with E-state index in [1.807, 2.05) is 11.9 Å². The molecular formula is C20H22N6O4S. The van der Waals surface area contributed by atoms with E-state index >= 15 is 0 Å². The van der Waals surface area contributed by atoms with Crippen molar-refractivity contribution in [1.29, 1.82) is 0 Å². The largest absolute Gasteiger partial charge is 0.363 e. The Morgan fingerprint density at radius 2 is 1.77 bits per heavy atom. The van der Waals surface area contributed by atoms with E-state index in [0.717, 1.165) is 24.8 Å². The number of piperazine rings is 1. The molecular weight excluding hydrogens is 420 g/mol. The molecule has 0 amide bonds. The molecule has 0 aliphatic carbocycles. The summed E-state index contributed by atoms with van der Waals surface area (Å²) in [7, 11) is -2.00. The van der Waals surface area contributed by atoms with E-state index in [1.54, 1.807) is 47.4 Å². The van der Waals surface area contributed by atoms with Gasteiger partial charge in [0.2, 0.25) is 0 Å². The number of nitro groups is 1. The fourth-order valence-corrected chi connectivity index (χ4v) is 4.53. The van der Waals surface area contributed by atoms with E-state index < -0.39 is 14.9 Å². The van der Waals surface area contributed by atoms with Crippen LogP contribution < -0.4 is 9.62 Å². The molecule has 0 bridgehead atoms. The monoisotopic (exact) mass is 442 g/mol. The second kappa shape index (κ2) is 8.36. The summed E-state index contributed by atoms with van der Waals surface area (Å²) in [5.41, 5.74) is 1.34. The number of aromatic nitrogens is 2. The zero-order chi connectivity index (χ0) is 22.0. The van der Waals surface area contributed by atoms with Crippen LogP contribution in [0.3, 0.4) is 0 Å². The third-order valence-electron chi connectivity index (χ3n) is 5.19. The van der Waals surface area contributed by atoms with E-state index in [2.05, 4.69) is 14.7 Å². The Morgan fingerprint density at radius 3 is 2.39 bits per heavy atom. The van der Waals surface area contributed by atoms with Gasteiger partial charge < -0.3 is 9.80 Å². The van der Waals surface area contributed by atoms with Gasteiger partial charge in [0, 0.05) is 50.3 Å². The van der Waals surface area contributed by atoms with Gasteiger partial charge in [0.1, 0.15) is 5.69 Å². The first-order chi connectivity index (χ1) is 14.8. The Bertz CT molecular complexity index is 1170. The van der Waals surface area contributed by atoms with E-state index in [0.29, 0.717) is 24.5 Å². The summed E-state index contributed by atoms with van der Waals surface area (Å²) in [6.45, 7) is 2.86. The maximum absolute atomic E-state index is 12.8. The smallest absolute Gasteiger partial charge is 0.293 e. The molecule has 162 valence electrons. The topological polar surface area (TPSA) is 114 Å². The molecule has 1 aliphatic heterocycles. The third-order valence-corrected chi connectivity index (χ3v) is 6.57. The molecule has 0 radical (unpaired) electrons. The highest BCUT2D eigenvalue weighted by Gasteiger charge is 2.26. The lowest BCUT2D eigenvalue weighted by molar-refractivity contribution is -0.384. The average molecular weight is 443 g/mol. The molecule has 0 unspecified atom stereocenters. The molecule has 0 atom stereocenters. The SMILES string of the molecule is CN1CCN(c2ccc(S(=O)(=O)Nc3ccc(-n4cccn4)cc3)cc2[N+](=O)[O-])CC1. The average Bonchev–Trinajstić information content (AvgIpc) is 3.29. The number of sulfonamides is 1. The zero-order valence-corrected chi connectivity index (χ0v) is 17.7. The number of benzene rings is 2. The Labute approximate surface area is 179 Å². The van der Waals surface area contributed by atoms with Gasteiger partial charge in [-0.05, 0) is 49.5 Å². The van der Waals surface area contributed by atoms with E-state index in [1.165, 1.54) is 12.1 Å². The Balaban J connectivity index is 1.57. The van der Waals surface area contributed by atoms with E-state index in [4.69, 9.17) is 0 Å². The second-order valence-corrected chi connectivity index (χ2v) is 8.98. The van der Waals surface area contributed by atoms with Crippen LogP contribution in [0.2, 0.25) is 0 Å². The fraction of sp³-hybridized carbons (Fsp3) is 0.250. The molecule has 1 aromatic heterocycles. The Morgan fingerprint density at radius 1 is 1.06 bits per heavy atom. The first-order valence-electron chi connectivity index (χ1n) is 9.68. The van der Waals surface area contributed by atoms with Crippen molar-refractivity contribution in [1.82, 2.24) is 14.7 Å². The van der Waals surface area contributed by atoms with Gasteiger partial charge in [-0.15, -0.1) is 0 Å². The maximum Gasteiger partial charge on any atom is 0.293 e. The Kier molecular flexibility index (Phi) is 5.61. The van der Waals surface area contributed by atoms with Crippen molar-refractivity contribution < 1.29 is 13.3 Å². The number of nitro benzene ring substituents is 1. The summed E-state index contributed by atoms with van der Waals surface area (Å²) in [6.07, 6.45) is 3.43. The highest BCUT2D eigenvalue weighted by molar-refractivity contribution is 7.92. The number of likely N-dealkylation sites (N-methyl/N-ethyl adjacent to an activating group) is 1. The second-order valence-electron chi connectivity index (χ2n) is 7.30. The van der Waals surface area contributed by atoms with Gasteiger partial charge in [0.25, 0.3) is 15.7 Å². The number of hydrogen-bond acceptors (Lipinski definition) is 7. The lowest BCUT2D eigenvalue weighted by Gasteiger charge is -2.33. The van der Waals surface area contributed by atoms with Crippen molar-refractivity contribution in [2.24, 2.45) is 0 Å². The minimum atomic E-state index is -4.00. The molecule has 1 aliphatic rings. The number of hydrogen-bond donors (Lipinski definition) is 1. The Hall–Kier alpha value is -3.44. The number of rotatable bonds is 6. The minimum absolute atomic E-state index is 0.159.